The third-order valence-electron chi connectivity index (χ3n) is 3.88. The average Bonchev–Trinajstić information content (AvgIpc) is 3.04. The summed E-state index contributed by atoms with van der Waals surface area (Å²) in [5, 5.41) is 17.3. The third kappa shape index (κ3) is 3.53. The van der Waals surface area contributed by atoms with E-state index in [0.717, 1.165) is 25.7 Å². The van der Waals surface area contributed by atoms with E-state index in [-0.39, 0.29) is 28.4 Å². The molecule has 126 valence electrons. The van der Waals surface area contributed by atoms with Crippen LogP contribution >= 0.6 is 11.6 Å². The molecule has 9 heteroatoms. The van der Waals surface area contributed by atoms with Crippen LogP contribution in [0.2, 0.25) is 5.02 Å². The second kappa shape index (κ2) is 6.96. The van der Waals surface area contributed by atoms with E-state index in [1.54, 1.807) is 0 Å². The number of halogens is 2. The van der Waals surface area contributed by atoms with Gasteiger partial charge in [0, 0.05) is 11.7 Å². The third-order valence-corrected chi connectivity index (χ3v) is 4.17. The second-order valence-corrected chi connectivity index (χ2v) is 5.96. The average molecular weight is 352 g/mol. The molecule has 1 aliphatic carbocycles. The molecule has 7 nitrogen and oxygen atoms in total. The van der Waals surface area contributed by atoms with Crippen molar-refractivity contribution in [3.63, 3.8) is 0 Å². The van der Waals surface area contributed by atoms with Crippen LogP contribution < -0.4 is 10.6 Å². The topological polar surface area (TPSA) is 93.0 Å². The molecule has 1 aromatic carbocycles. The first-order valence-corrected chi connectivity index (χ1v) is 7.90. The first-order chi connectivity index (χ1) is 11.5. The Morgan fingerprint density at radius 1 is 1.25 bits per heavy atom. The smallest absolute Gasteiger partial charge is 0.353 e. The fourth-order valence-corrected chi connectivity index (χ4v) is 2.90. The van der Waals surface area contributed by atoms with Crippen LogP contribution in [-0.2, 0) is 0 Å². The van der Waals surface area contributed by atoms with Gasteiger partial charge in [0.15, 0.2) is 0 Å². The van der Waals surface area contributed by atoms with Crippen molar-refractivity contribution in [2.24, 2.45) is 0 Å². The summed E-state index contributed by atoms with van der Waals surface area (Å²) in [6.07, 6.45) is 5.35. The van der Waals surface area contributed by atoms with Gasteiger partial charge in [-0.3, -0.25) is 10.1 Å². The molecule has 0 radical (unpaired) electrons. The zero-order chi connectivity index (χ0) is 17.1. The van der Waals surface area contributed by atoms with Gasteiger partial charge >= 0.3 is 5.69 Å². The Balaban J connectivity index is 1.91. The summed E-state index contributed by atoms with van der Waals surface area (Å²) in [4.78, 5) is 18.9. The van der Waals surface area contributed by atoms with Crippen LogP contribution in [0.15, 0.2) is 24.5 Å². The summed E-state index contributed by atoms with van der Waals surface area (Å²) in [5.74, 6) is -0.362. The maximum atomic E-state index is 13.2. The predicted molar refractivity (Wildman–Crippen MR) is 89.3 cm³/mol. The van der Waals surface area contributed by atoms with E-state index in [4.69, 9.17) is 11.6 Å². The van der Waals surface area contributed by atoms with Crippen molar-refractivity contribution in [2.75, 3.05) is 10.6 Å². The van der Waals surface area contributed by atoms with E-state index >= 15 is 0 Å². The minimum Gasteiger partial charge on any atom is -0.361 e. The van der Waals surface area contributed by atoms with Crippen molar-refractivity contribution in [3.05, 3.63) is 45.5 Å². The molecule has 1 fully saturated rings. The molecular weight excluding hydrogens is 337 g/mol. The number of rotatable bonds is 5. The maximum Gasteiger partial charge on any atom is 0.353 e. The van der Waals surface area contributed by atoms with Gasteiger partial charge in [-0.25, -0.2) is 14.4 Å². The monoisotopic (exact) mass is 351 g/mol. The number of nitrogens with zero attached hydrogens (tertiary/aromatic N) is 3. The van der Waals surface area contributed by atoms with Crippen LogP contribution in [0.1, 0.15) is 25.7 Å². The SMILES string of the molecule is O=[N+]([O-])c1c(Nc2ccc(F)c(Cl)c2)ncnc1NC1CCCC1. The molecule has 1 heterocycles. The highest BCUT2D eigenvalue weighted by molar-refractivity contribution is 6.31. The van der Waals surface area contributed by atoms with Gasteiger partial charge in [0.2, 0.25) is 11.6 Å². The summed E-state index contributed by atoms with van der Waals surface area (Å²) < 4.78 is 13.2. The van der Waals surface area contributed by atoms with E-state index in [9.17, 15) is 14.5 Å². The van der Waals surface area contributed by atoms with Crippen molar-refractivity contribution in [3.8, 4) is 0 Å². The van der Waals surface area contributed by atoms with Crippen molar-refractivity contribution in [1.29, 1.82) is 0 Å². The van der Waals surface area contributed by atoms with Crippen molar-refractivity contribution in [1.82, 2.24) is 9.97 Å². The molecule has 0 aliphatic heterocycles. The first kappa shape index (κ1) is 16.4. The molecule has 24 heavy (non-hydrogen) atoms. The van der Waals surface area contributed by atoms with Crippen LogP contribution in [0.25, 0.3) is 0 Å². The Morgan fingerprint density at radius 3 is 2.62 bits per heavy atom. The van der Waals surface area contributed by atoms with E-state index in [0.29, 0.717) is 5.69 Å². The maximum absolute atomic E-state index is 13.2. The Hall–Kier alpha value is -2.48. The van der Waals surface area contributed by atoms with Gasteiger partial charge in [0.1, 0.15) is 12.1 Å². The summed E-state index contributed by atoms with van der Waals surface area (Å²) in [6, 6.07) is 4.12. The number of hydrogen-bond donors (Lipinski definition) is 2. The summed E-state index contributed by atoms with van der Waals surface area (Å²) in [7, 11) is 0. The normalized spacial score (nSPS) is 14.6. The largest absolute Gasteiger partial charge is 0.361 e. The van der Waals surface area contributed by atoms with Gasteiger partial charge in [-0.05, 0) is 31.0 Å². The molecule has 0 amide bonds. The van der Waals surface area contributed by atoms with Crippen LogP contribution in [0.5, 0.6) is 0 Å². The van der Waals surface area contributed by atoms with Gasteiger partial charge in [-0.15, -0.1) is 0 Å². The lowest BCUT2D eigenvalue weighted by molar-refractivity contribution is -0.383. The first-order valence-electron chi connectivity index (χ1n) is 7.52. The lowest BCUT2D eigenvalue weighted by atomic mass is 10.2. The minimum atomic E-state index is -0.567. The summed E-state index contributed by atoms with van der Waals surface area (Å²) in [5.41, 5.74) is 0.153. The number of hydrogen-bond acceptors (Lipinski definition) is 6. The molecule has 0 saturated heterocycles. The lowest BCUT2D eigenvalue weighted by Gasteiger charge is -2.14. The molecule has 1 aliphatic rings. The molecule has 1 saturated carbocycles. The van der Waals surface area contributed by atoms with Gasteiger partial charge in [-0.1, -0.05) is 24.4 Å². The van der Waals surface area contributed by atoms with Crippen LogP contribution in [0.4, 0.5) is 27.4 Å². The fourth-order valence-electron chi connectivity index (χ4n) is 2.72. The number of benzene rings is 1. The van der Waals surface area contributed by atoms with E-state index in [1.165, 1.54) is 24.5 Å². The minimum absolute atomic E-state index is 0.0261. The van der Waals surface area contributed by atoms with Gasteiger partial charge in [0.05, 0.1) is 9.95 Å². The molecule has 0 spiro atoms. The molecule has 3 rings (SSSR count). The van der Waals surface area contributed by atoms with Gasteiger partial charge < -0.3 is 10.6 Å². The predicted octanol–water partition coefficient (Wildman–Crippen LogP) is 4.28. The quantitative estimate of drug-likeness (QED) is 0.617. The van der Waals surface area contributed by atoms with Crippen molar-refractivity contribution >= 4 is 34.6 Å². The van der Waals surface area contributed by atoms with Gasteiger partial charge in [0.25, 0.3) is 0 Å². The highest BCUT2D eigenvalue weighted by Crippen LogP contribution is 2.33. The molecular formula is C15H15ClFN5O2. The van der Waals surface area contributed by atoms with Crippen LogP contribution in [0.3, 0.4) is 0 Å². The van der Waals surface area contributed by atoms with E-state index in [2.05, 4.69) is 20.6 Å². The second-order valence-electron chi connectivity index (χ2n) is 5.56. The zero-order valence-corrected chi connectivity index (χ0v) is 13.4. The number of nitro groups is 1. The van der Waals surface area contributed by atoms with Crippen molar-refractivity contribution < 1.29 is 9.31 Å². The van der Waals surface area contributed by atoms with Crippen LogP contribution in [-0.4, -0.2) is 20.9 Å². The molecule has 0 bridgehead atoms. The Kier molecular flexibility index (Phi) is 4.75. The summed E-state index contributed by atoms with van der Waals surface area (Å²) >= 11 is 5.73. The fraction of sp³-hybridized carbons (Fsp3) is 0.333. The van der Waals surface area contributed by atoms with Crippen molar-refractivity contribution in [2.45, 2.75) is 31.7 Å². The zero-order valence-electron chi connectivity index (χ0n) is 12.6. The summed E-state index contributed by atoms with van der Waals surface area (Å²) in [6.45, 7) is 0. The Labute approximate surface area is 142 Å². The molecule has 2 aromatic rings. The molecule has 0 unspecified atom stereocenters. The molecule has 1 aromatic heterocycles. The number of anilines is 3. The Morgan fingerprint density at radius 2 is 1.96 bits per heavy atom. The lowest BCUT2D eigenvalue weighted by Crippen LogP contribution is -2.17. The van der Waals surface area contributed by atoms with Gasteiger partial charge in [-0.2, -0.15) is 0 Å². The molecule has 2 N–H and O–H groups in total. The number of nitrogens with one attached hydrogen (secondary N) is 2. The Bertz CT molecular complexity index is 768. The van der Waals surface area contributed by atoms with E-state index in [1.807, 2.05) is 0 Å². The highest BCUT2D eigenvalue weighted by Gasteiger charge is 2.26. The van der Waals surface area contributed by atoms with E-state index < -0.39 is 10.7 Å². The standard InChI is InChI=1S/C15H15ClFN5O2/c16-11-7-10(5-6-12(11)17)21-15-13(22(23)24)14(18-8-19-15)20-9-3-1-2-4-9/h5-9H,1-4H2,(H2,18,19,20,21). The molecule has 0 atom stereocenters. The highest BCUT2D eigenvalue weighted by atomic mass is 35.5. The number of aromatic nitrogens is 2. The van der Waals surface area contributed by atoms with Crippen LogP contribution in [0, 0.1) is 15.9 Å².